The number of benzene rings is 1. The van der Waals surface area contributed by atoms with Crippen LogP contribution in [0, 0.1) is 15.5 Å². The molecule has 2 N–H and O–H groups in total. The summed E-state index contributed by atoms with van der Waals surface area (Å²) in [6.45, 7) is 2.28. The van der Waals surface area contributed by atoms with Gasteiger partial charge in [0.1, 0.15) is 0 Å². The fraction of sp³-hybridized carbons (Fsp3) is 0.500. The number of hydrogen-bond donors (Lipinski definition) is 2. The molecule has 1 aromatic rings. The third kappa shape index (κ3) is 3.07. The van der Waals surface area contributed by atoms with Crippen molar-refractivity contribution in [3.63, 3.8) is 0 Å². The Hall–Kier alpha value is -1.67. The summed E-state index contributed by atoms with van der Waals surface area (Å²) in [6.07, 6.45) is 1.93. The second-order valence-corrected chi connectivity index (χ2v) is 7.06. The van der Waals surface area contributed by atoms with E-state index in [9.17, 15) is 18.5 Å². The number of anilines is 1. The van der Waals surface area contributed by atoms with E-state index >= 15 is 0 Å². The van der Waals surface area contributed by atoms with E-state index in [4.69, 9.17) is 0 Å². The summed E-state index contributed by atoms with van der Waals surface area (Å²) >= 11 is 0. The van der Waals surface area contributed by atoms with Crippen LogP contribution in [0.15, 0.2) is 23.1 Å². The summed E-state index contributed by atoms with van der Waals surface area (Å²) in [6, 6.07) is 3.94. The van der Waals surface area contributed by atoms with Crippen LogP contribution < -0.4 is 10.0 Å². The fourth-order valence-electron chi connectivity index (χ4n) is 1.77. The molecule has 0 unspecified atom stereocenters. The zero-order chi connectivity index (χ0) is 15.0. The lowest BCUT2D eigenvalue weighted by Gasteiger charge is -2.12. The van der Waals surface area contributed by atoms with Gasteiger partial charge in [-0.25, -0.2) is 13.1 Å². The molecule has 1 aliphatic rings. The summed E-state index contributed by atoms with van der Waals surface area (Å²) in [7, 11) is -2.27. The van der Waals surface area contributed by atoms with Gasteiger partial charge in [0.25, 0.3) is 5.69 Å². The van der Waals surface area contributed by atoms with Crippen LogP contribution in [0.1, 0.15) is 19.8 Å². The second kappa shape index (κ2) is 5.02. The van der Waals surface area contributed by atoms with Gasteiger partial charge >= 0.3 is 0 Å². The third-order valence-corrected chi connectivity index (χ3v) is 4.96. The lowest BCUT2D eigenvalue weighted by Crippen LogP contribution is -2.29. The first-order chi connectivity index (χ1) is 9.27. The largest absolute Gasteiger partial charge is 0.388 e. The number of nitrogens with one attached hydrogen (secondary N) is 2. The smallest absolute Gasteiger partial charge is 0.289 e. The minimum Gasteiger partial charge on any atom is -0.388 e. The van der Waals surface area contributed by atoms with Crippen molar-refractivity contribution in [1.29, 1.82) is 0 Å². The van der Waals surface area contributed by atoms with E-state index in [0.29, 0.717) is 12.2 Å². The molecule has 1 fully saturated rings. The molecule has 20 heavy (non-hydrogen) atoms. The maximum absolute atomic E-state index is 12.3. The predicted molar refractivity (Wildman–Crippen MR) is 75.2 cm³/mol. The van der Waals surface area contributed by atoms with Crippen molar-refractivity contribution in [2.24, 2.45) is 5.41 Å². The van der Waals surface area contributed by atoms with Crippen LogP contribution in [-0.2, 0) is 10.0 Å². The molecule has 1 saturated carbocycles. The zero-order valence-electron chi connectivity index (χ0n) is 11.3. The van der Waals surface area contributed by atoms with Crippen LogP contribution >= 0.6 is 0 Å². The van der Waals surface area contributed by atoms with Gasteiger partial charge in [-0.05, 0) is 30.4 Å². The molecule has 2 rings (SSSR count). The van der Waals surface area contributed by atoms with E-state index in [-0.39, 0.29) is 10.3 Å². The van der Waals surface area contributed by atoms with E-state index in [1.165, 1.54) is 18.2 Å². The van der Waals surface area contributed by atoms with Gasteiger partial charge in [0, 0.05) is 25.3 Å². The van der Waals surface area contributed by atoms with E-state index in [0.717, 1.165) is 12.8 Å². The maximum atomic E-state index is 12.3. The summed E-state index contributed by atoms with van der Waals surface area (Å²) in [5, 5.41) is 13.7. The van der Waals surface area contributed by atoms with E-state index < -0.39 is 20.6 Å². The van der Waals surface area contributed by atoms with Crippen LogP contribution in [0.25, 0.3) is 0 Å². The molecule has 110 valence electrons. The van der Waals surface area contributed by atoms with Gasteiger partial charge in [0.2, 0.25) is 10.0 Å². The van der Waals surface area contributed by atoms with E-state index in [1.54, 1.807) is 7.05 Å². The number of nitro benzene ring substituents is 1. The second-order valence-electron chi connectivity index (χ2n) is 5.32. The fourth-order valence-corrected chi connectivity index (χ4v) is 3.17. The lowest BCUT2D eigenvalue weighted by atomic mass is 10.2. The molecule has 0 bridgehead atoms. The molecule has 0 radical (unpaired) electrons. The highest BCUT2D eigenvalue weighted by Gasteiger charge is 2.39. The summed E-state index contributed by atoms with van der Waals surface area (Å²) in [4.78, 5) is 9.98. The van der Waals surface area contributed by atoms with E-state index in [1.807, 2.05) is 6.92 Å². The van der Waals surface area contributed by atoms with Crippen molar-refractivity contribution in [2.75, 3.05) is 18.9 Å². The molecule has 7 nitrogen and oxygen atoms in total. The summed E-state index contributed by atoms with van der Waals surface area (Å²) in [5.41, 5.74) is 0.0775. The molecule has 1 aromatic carbocycles. The van der Waals surface area contributed by atoms with Crippen LogP contribution in [0.4, 0.5) is 11.4 Å². The average molecular weight is 299 g/mol. The van der Waals surface area contributed by atoms with Crippen molar-refractivity contribution in [2.45, 2.75) is 24.7 Å². The minimum absolute atomic E-state index is 0.0114. The van der Waals surface area contributed by atoms with Crippen molar-refractivity contribution >= 4 is 21.4 Å². The molecule has 0 amide bonds. The Bertz CT molecular complexity index is 638. The Balaban J connectivity index is 2.35. The Morgan fingerprint density at radius 3 is 2.55 bits per heavy atom. The average Bonchev–Trinajstić information content (AvgIpc) is 3.14. The molecular formula is C12H17N3O4S. The number of hydrogen-bond acceptors (Lipinski definition) is 5. The number of nitrogens with zero attached hydrogens (tertiary/aromatic N) is 1. The minimum atomic E-state index is -3.89. The first-order valence-electron chi connectivity index (χ1n) is 6.23. The molecular weight excluding hydrogens is 282 g/mol. The number of rotatable bonds is 6. The SMILES string of the molecule is CNc1ccc([N+](=O)[O-])c(S(=O)(=O)NCC2(C)CC2)c1. The quantitative estimate of drug-likeness (QED) is 0.615. The Kier molecular flexibility index (Phi) is 3.70. The highest BCUT2D eigenvalue weighted by Crippen LogP contribution is 2.44. The first-order valence-corrected chi connectivity index (χ1v) is 7.72. The molecule has 0 aromatic heterocycles. The van der Waals surface area contributed by atoms with Gasteiger partial charge in [-0.3, -0.25) is 10.1 Å². The molecule has 0 spiro atoms. The topological polar surface area (TPSA) is 101 Å². The number of sulfonamides is 1. The summed E-state index contributed by atoms with van der Waals surface area (Å²) < 4.78 is 27.0. The van der Waals surface area contributed by atoms with Gasteiger partial charge < -0.3 is 5.32 Å². The molecule has 0 aliphatic heterocycles. The predicted octanol–water partition coefficient (Wildman–Crippen LogP) is 1.71. The molecule has 1 aliphatic carbocycles. The molecule has 0 heterocycles. The van der Waals surface area contributed by atoms with Gasteiger partial charge in [-0.2, -0.15) is 0 Å². The normalized spacial score (nSPS) is 16.7. The first kappa shape index (κ1) is 14.7. The van der Waals surface area contributed by atoms with Gasteiger partial charge in [0.05, 0.1) is 4.92 Å². The Morgan fingerprint density at radius 2 is 2.05 bits per heavy atom. The Labute approximate surface area is 117 Å². The van der Waals surface area contributed by atoms with Crippen LogP contribution in [-0.4, -0.2) is 26.9 Å². The van der Waals surface area contributed by atoms with Gasteiger partial charge in [-0.1, -0.05) is 6.92 Å². The number of nitro groups is 1. The van der Waals surface area contributed by atoms with Crippen LogP contribution in [0.2, 0.25) is 0 Å². The zero-order valence-corrected chi connectivity index (χ0v) is 12.2. The van der Waals surface area contributed by atoms with E-state index in [2.05, 4.69) is 10.0 Å². The molecule has 8 heteroatoms. The van der Waals surface area contributed by atoms with Crippen molar-refractivity contribution in [1.82, 2.24) is 4.72 Å². The molecule has 0 saturated heterocycles. The van der Waals surface area contributed by atoms with Crippen molar-refractivity contribution in [3.8, 4) is 0 Å². The maximum Gasteiger partial charge on any atom is 0.289 e. The molecule has 0 atom stereocenters. The van der Waals surface area contributed by atoms with Crippen molar-refractivity contribution < 1.29 is 13.3 Å². The summed E-state index contributed by atoms with van der Waals surface area (Å²) in [5.74, 6) is 0. The highest BCUT2D eigenvalue weighted by molar-refractivity contribution is 7.89. The Morgan fingerprint density at radius 1 is 1.40 bits per heavy atom. The third-order valence-electron chi connectivity index (χ3n) is 3.53. The van der Waals surface area contributed by atoms with Crippen LogP contribution in [0.3, 0.4) is 0 Å². The van der Waals surface area contributed by atoms with Gasteiger partial charge in [-0.15, -0.1) is 0 Å². The standard InChI is InChI=1S/C12H17N3O4S/c1-12(5-6-12)8-14-20(18,19)11-7-9(13-2)3-4-10(11)15(16)17/h3-4,7,13-14H,5-6,8H2,1-2H3. The monoisotopic (exact) mass is 299 g/mol. The van der Waals surface area contributed by atoms with Gasteiger partial charge in [0.15, 0.2) is 4.90 Å². The lowest BCUT2D eigenvalue weighted by molar-refractivity contribution is -0.387. The van der Waals surface area contributed by atoms with Crippen molar-refractivity contribution in [3.05, 3.63) is 28.3 Å². The highest BCUT2D eigenvalue weighted by atomic mass is 32.2. The van der Waals surface area contributed by atoms with Crippen LogP contribution in [0.5, 0.6) is 0 Å².